The summed E-state index contributed by atoms with van der Waals surface area (Å²) >= 11 is 0. The number of nitrogens with zero attached hydrogens (tertiary/aromatic N) is 3. The van der Waals surface area contributed by atoms with Gasteiger partial charge in [-0.15, -0.1) is 5.10 Å². The van der Waals surface area contributed by atoms with Crippen molar-refractivity contribution in [1.82, 2.24) is 10.2 Å². The molecular weight excluding hydrogens is 398 g/mol. The molecule has 1 aliphatic heterocycles. The summed E-state index contributed by atoms with van der Waals surface area (Å²) in [5, 5.41) is 11.5. The Balaban J connectivity index is 1.47. The molecule has 156 valence electrons. The average molecular weight is 424 g/mol. The van der Waals surface area contributed by atoms with Gasteiger partial charge in [-0.3, -0.25) is 4.72 Å². The highest BCUT2D eigenvalue weighted by Gasteiger charge is 2.17. The third-order valence-corrected chi connectivity index (χ3v) is 6.68. The van der Waals surface area contributed by atoms with Crippen molar-refractivity contribution >= 4 is 32.9 Å². The van der Waals surface area contributed by atoms with Gasteiger partial charge in [0.15, 0.2) is 5.82 Å². The summed E-state index contributed by atoms with van der Waals surface area (Å²) in [6.07, 6.45) is 4.18. The highest BCUT2D eigenvalue weighted by molar-refractivity contribution is 7.92. The molecule has 0 unspecified atom stereocenters. The Bertz CT molecular complexity index is 1140. The van der Waals surface area contributed by atoms with Crippen LogP contribution in [0.5, 0.6) is 0 Å². The number of aromatic nitrogens is 2. The number of sulfonamides is 1. The molecule has 2 aromatic carbocycles. The fraction of sp³-hybridized carbons (Fsp3) is 0.273. The zero-order valence-corrected chi connectivity index (χ0v) is 17.9. The van der Waals surface area contributed by atoms with Crippen LogP contribution in [0.1, 0.15) is 24.0 Å². The van der Waals surface area contributed by atoms with Crippen molar-refractivity contribution in [2.24, 2.45) is 0 Å². The summed E-state index contributed by atoms with van der Waals surface area (Å²) in [6.45, 7) is 5.75. The van der Waals surface area contributed by atoms with Crippen molar-refractivity contribution in [3.8, 4) is 0 Å². The van der Waals surface area contributed by atoms with Crippen LogP contribution >= 0.6 is 0 Å². The van der Waals surface area contributed by atoms with Gasteiger partial charge in [0.05, 0.1) is 16.8 Å². The molecule has 0 saturated carbocycles. The molecule has 4 rings (SSSR count). The van der Waals surface area contributed by atoms with Gasteiger partial charge in [-0.1, -0.05) is 12.1 Å². The first kappa shape index (κ1) is 20.2. The average Bonchev–Trinajstić information content (AvgIpc) is 3.26. The molecular formula is C22H25N5O2S. The minimum absolute atomic E-state index is 0.290. The first-order valence-electron chi connectivity index (χ1n) is 9.95. The molecule has 0 atom stereocenters. The van der Waals surface area contributed by atoms with Crippen LogP contribution in [0.25, 0.3) is 0 Å². The second-order valence-electron chi connectivity index (χ2n) is 7.57. The molecule has 0 spiro atoms. The van der Waals surface area contributed by atoms with E-state index in [9.17, 15) is 8.42 Å². The lowest BCUT2D eigenvalue weighted by Crippen LogP contribution is -2.18. The summed E-state index contributed by atoms with van der Waals surface area (Å²) in [4.78, 5) is 2.59. The van der Waals surface area contributed by atoms with Gasteiger partial charge < -0.3 is 10.2 Å². The number of aryl methyl sites for hydroxylation is 2. The van der Waals surface area contributed by atoms with Crippen LogP contribution in [0.15, 0.2) is 59.6 Å². The van der Waals surface area contributed by atoms with Crippen molar-refractivity contribution in [2.75, 3.05) is 28.0 Å². The van der Waals surface area contributed by atoms with E-state index < -0.39 is 10.0 Å². The van der Waals surface area contributed by atoms with Crippen LogP contribution in [0.3, 0.4) is 0 Å². The Kier molecular flexibility index (Phi) is 5.59. The number of hydrogen-bond donors (Lipinski definition) is 2. The van der Waals surface area contributed by atoms with Gasteiger partial charge in [-0.05, 0) is 68.1 Å². The molecule has 2 heterocycles. The van der Waals surface area contributed by atoms with Crippen LogP contribution in [-0.4, -0.2) is 31.7 Å². The molecule has 0 aliphatic carbocycles. The molecule has 8 heteroatoms. The van der Waals surface area contributed by atoms with Crippen molar-refractivity contribution in [1.29, 1.82) is 0 Å². The molecule has 1 fully saturated rings. The van der Waals surface area contributed by atoms with E-state index >= 15 is 0 Å². The molecule has 0 bridgehead atoms. The Morgan fingerprint density at radius 3 is 2.37 bits per heavy atom. The standard InChI is InChI=1S/C22H25N5O2S/c1-16-5-6-17(2)21(13-16)30(28,29)26-19-9-7-18(8-10-19)24-22-14-20(15-23-25-22)27-11-3-4-12-27/h5-10,13-15,26H,3-4,11-12H2,1-2H3,(H,24,25). The van der Waals surface area contributed by atoms with E-state index in [4.69, 9.17) is 0 Å². The molecule has 1 saturated heterocycles. The Labute approximate surface area is 177 Å². The second-order valence-corrected chi connectivity index (χ2v) is 9.22. The third-order valence-electron chi connectivity index (χ3n) is 5.15. The van der Waals surface area contributed by atoms with E-state index in [2.05, 4.69) is 25.1 Å². The Morgan fingerprint density at radius 1 is 0.933 bits per heavy atom. The van der Waals surface area contributed by atoms with E-state index in [1.165, 1.54) is 12.8 Å². The molecule has 30 heavy (non-hydrogen) atoms. The van der Waals surface area contributed by atoms with E-state index in [0.717, 1.165) is 30.0 Å². The lowest BCUT2D eigenvalue weighted by molar-refractivity contribution is 0.600. The van der Waals surface area contributed by atoms with Crippen LogP contribution in [0.4, 0.5) is 22.9 Å². The summed E-state index contributed by atoms with van der Waals surface area (Å²) < 4.78 is 28.2. The van der Waals surface area contributed by atoms with Gasteiger partial charge in [-0.2, -0.15) is 5.10 Å². The molecule has 7 nitrogen and oxygen atoms in total. The summed E-state index contributed by atoms with van der Waals surface area (Å²) in [5.74, 6) is 0.656. The van der Waals surface area contributed by atoms with Crippen molar-refractivity contribution < 1.29 is 8.42 Å². The minimum Gasteiger partial charge on any atom is -0.370 e. The van der Waals surface area contributed by atoms with Crippen LogP contribution < -0.4 is 14.9 Å². The Morgan fingerprint density at radius 2 is 1.63 bits per heavy atom. The van der Waals surface area contributed by atoms with E-state index in [1.807, 2.05) is 37.3 Å². The van der Waals surface area contributed by atoms with Crippen LogP contribution in [0.2, 0.25) is 0 Å². The molecule has 1 aliphatic rings. The van der Waals surface area contributed by atoms with Crippen molar-refractivity contribution in [3.63, 3.8) is 0 Å². The summed E-state index contributed by atoms with van der Waals surface area (Å²) in [7, 11) is -3.65. The van der Waals surface area contributed by atoms with Gasteiger partial charge in [0.1, 0.15) is 0 Å². The zero-order valence-electron chi connectivity index (χ0n) is 17.1. The number of anilines is 4. The molecule has 2 N–H and O–H groups in total. The quantitative estimate of drug-likeness (QED) is 0.617. The predicted molar refractivity (Wildman–Crippen MR) is 120 cm³/mol. The van der Waals surface area contributed by atoms with E-state index in [-0.39, 0.29) is 0 Å². The lowest BCUT2D eigenvalue weighted by Gasteiger charge is -2.17. The molecule has 0 radical (unpaired) electrons. The van der Waals surface area contributed by atoms with Gasteiger partial charge in [0, 0.05) is 30.5 Å². The van der Waals surface area contributed by atoms with Crippen LogP contribution in [0, 0.1) is 13.8 Å². The number of benzene rings is 2. The smallest absolute Gasteiger partial charge is 0.262 e. The maximum absolute atomic E-state index is 12.8. The van der Waals surface area contributed by atoms with Crippen molar-refractivity contribution in [3.05, 3.63) is 65.9 Å². The number of hydrogen-bond acceptors (Lipinski definition) is 6. The van der Waals surface area contributed by atoms with Gasteiger partial charge in [0.25, 0.3) is 10.0 Å². The van der Waals surface area contributed by atoms with Gasteiger partial charge >= 0.3 is 0 Å². The number of nitrogens with one attached hydrogen (secondary N) is 2. The molecule has 3 aromatic rings. The van der Waals surface area contributed by atoms with Gasteiger partial charge in [-0.25, -0.2) is 8.42 Å². The van der Waals surface area contributed by atoms with Crippen molar-refractivity contribution in [2.45, 2.75) is 31.6 Å². The fourth-order valence-electron chi connectivity index (χ4n) is 3.54. The zero-order chi connectivity index (χ0) is 21.1. The summed E-state index contributed by atoms with van der Waals surface area (Å²) in [6, 6.07) is 14.4. The topological polar surface area (TPSA) is 87.2 Å². The summed E-state index contributed by atoms with van der Waals surface area (Å²) in [5.41, 5.74) is 3.97. The van der Waals surface area contributed by atoms with E-state index in [0.29, 0.717) is 22.0 Å². The molecule has 1 aromatic heterocycles. The normalized spacial score (nSPS) is 14.0. The second kappa shape index (κ2) is 8.31. The Hall–Kier alpha value is -3.13. The van der Waals surface area contributed by atoms with E-state index in [1.54, 1.807) is 31.3 Å². The minimum atomic E-state index is -3.65. The van der Waals surface area contributed by atoms with Gasteiger partial charge in [0.2, 0.25) is 0 Å². The highest BCUT2D eigenvalue weighted by atomic mass is 32.2. The van der Waals surface area contributed by atoms with Crippen LogP contribution in [-0.2, 0) is 10.0 Å². The maximum Gasteiger partial charge on any atom is 0.262 e. The first-order chi connectivity index (χ1) is 14.4. The molecule has 0 amide bonds. The first-order valence-corrected chi connectivity index (χ1v) is 11.4. The fourth-order valence-corrected chi connectivity index (χ4v) is 4.93. The number of rotatable bonds is 6. The highest BCUT2D eigenvalue weighted by Crippen LogP contribution is 2.25. The predicted octanol–water partition coefficient (Wildman–Crippen LogP) is 4.24. The lowest BCUT2D eigenvalue weighted by atomic mass is 10.2. The maximum atomic E-state index is 12.8. The third kappa shape index (κ3) is 4.54. The SMILES string of the molecule is Cc1ccc(C)c(S(=O)(=O)Nc2ccc(Nc3cc(N4CCCC4)cnn3)cc2)c1. The largest absolute Gasteiger partial charge is 0.370 e. The monoisotopic (exact) mass is 423 g/mol.